The fourth-order valence-electron chi connectivity index (χ4n) is 9.28. The first kappa shape index (κ1) is 64.4. The van der Waals surface area contributed by atoms with Crippen molar-refractivity contribution in [2.45, 2.75) is 348 Å². The van der Waals surface area contributed by atoms with Crippen molar-refractivity contribution in [2.24, 2.45) is 5.92 Å². The first-order valence-corrected chi connectivity index (χ1v) is 29.9. The molecule has 6 heteroatoms. The molecular weight excluding hydrogens is 817 g/mol. The van der Waals surface area contributed by atoms with Gasteiger partial charge in [-0.3, -0.25) is 14.4 Å². The highest BCUT2D eigenvalue weighted by Crippen LogP contribution is 2.18. The third-order valence-electron chi connectivity index (χ3n) is 13.8. The van der Waals surface area contributed by atoms with E-state index < -0.39 is 6.10 Å². The number of carbonyl (C=O) groups excluding carboxylic acids is 3. The fourth-order valence-corrected chi connectivity index (χ4v) is 9.28. The molecule has 0 N–H and O–H groups in total. The molecule has 0 spiro atoms. The van der Waals surface area contributed by atoms with Gasteiger partial charge >= 0.3 is 17.9 Å². The molecule has 66 heavy (non-hydrogen) atoms. The van der Waals surface area contributed by atoms with Crippen molar-refractivity contribution in [3.63, 3.8) is 0 Å². The quantitative estimate of drug-likeness (QED) is 0.0343. The first-order valence-electron chi connectivity index (χ1n) is 29.9. The van der Waals surface area contributed by atoms with Gasteiger partial charge in [-0.05, 0) is 25.2 Å². The molecule has 0 aliphatic rings. The number of esters is 3. The van der Waals surface area contributed by atoms with Crippen LogP contribution in [0, 0.1) is 5.92 Å². The zero-order valence-electron chi connectivity index (χ0n) is 45.2. The van der Waals surface area contributed by atoms with Gasteiger partial charge in [0, 0.05) is 19.3 Å². The van der Waals surface area contributed by atoms with Crippen molar-refractivity contribution >= 4 is 17.9 Å². The second-order valence-corrected chi connectivity index (χ2v) is 21.1. The zero-order chi connectivity index (χ0) is 48.1. The molecule has 0 saturated carbocycles. The average Bonchev–Trinajstić information content (AvgIpc) is 3.30. The highest BCUT2D eigenvalue weighted by molar-refractivity contribution is 5.71. The van der Waals surface area contributed by atoms with E-state index in [0.29, 0.717) is 19.3 Å². The molecule has 6 nitrogen and oxygen atoms in total. The normalized spacial score (nSPS) is 12.0. The minimum Gasteiger partial charge on any atom is -0.462 e. The molecule has 0 bridgehead atoms. The predicted octanol–water partition coefficient (Wildman–Crippen LogP) is 19.8. The Morgan fingerprint density at radius 2 is 0.500 bits per heavy atom. The highest BCUT2D eigenvalue weighted by Gasteiger charge is 2.19. The van der Waals surface area contributed by atoms with Crippen molar-refractivity contribution in [1.29, 1.82) is 0 Å². The Morgan fingerprint density at radius 3 is 0.742 bits per heavy atom. The van der Waals surface area contributed by atoms with Crippen LogP contribution in [-0.2, 0) is 28.6 Å². The van der Waals surface area contributed by atoms with E-state index in [-0.39, 0.29) is 31.1 Å². The van der Waals surface area contributed by atoms with Crippen LogP contribution in [-0.4, -0.2) is 37.2 Å². The third-order valence-corrected chi connectivity index (χ3v) is 13.8. The molecule has 0 aromatic heterocycles. The summed E-state index contributed by atoms with van der Waals surface area (Å²) in [5.41, 5.74) is 0. The number of unbranched alkanes of at least 4 members (excludes halogenated alkanes) is 42. The summed E-state index contributed by atoms with van der Waals surface area (Å²) in [5.74, 6) is 0.0199. The molecule has 0 aliphatic heterocycles. The van der Waals surface area contributed by atoms with Crippen molar-refractivity contribution in [3.8, 4) is 0 Å². The molecule has 0 aromatic rings. The second kappa shape index (κ2) is 54.4. The van der Waals surface area contributed by atoms with Crippen LogP contribution in [0.15, 0.2) is 0 Å². The van der Waals surface area contributed by atoms with Gasteiger partial charge in [0.1, 0.15) is 13.2 Å². The zero-order valence-corrected chi connectivity index (χ0v) is 45.2. The standard InChI is InChI=1S/C60H116O6/c1-5-7-9-11-13-15-17-19-20-21-25-28-32-35-39-43-47-51-58(61)64-54-57(66-60(63)53-49-45-41-37-31-18-16-14-12-10-8-6-2)55-65-59(62)52-48-44-40-36-33-29-26-23-22-24-27-30-34-38-42-46-50-56(3)4/h56-57H,5-55H2,1-4H3/t57-/m1/s1. The molecule has 0 saturated heterocycles. The minimum atomic E-state index is -0.761. The molecule has 0 heterocycles. The van der Waals surface area contributed by atoms with Crippen LogP contribution in [0.25, 0.3) is 0 Å². The first-order chi connectivity index (χ1) is 32.4. The summed E-state index contributed by atoms with van der Waals surface area (Å²) in [4.78, 5) is 38.1. The van der Waals surface area contributed by atoms with Crippen LogP contribution in [0.1, 0.15) is 342 Å². The Labute approximate surface area is 412 Å². The number of hydrogen-bond acceptors (Lipinski definition) is 6. The van der Waals surface area contributed by atoms with Gasteiger partial charge in [-0.2, -0.15) is 0 Å². The number of carbonyl (C=O) groups is 3. The summed E-state index contributed by atoms with van der Waals surface area (Å²) in [6, 6.07) is 0. The van der Waals surface area contributed by atoms with Crippen LogP contribution < -0.4 is 0 Å². The van der Waals surface area contributed by atoms with E-state index >= 15 is 0 Å². The lowest BCUT2D eigenvalue weighted by atomic mass is 10.0. The Hall–Kier alpha value is -1.59. The molecular formula is C60H116O6. The van der Waals surface area contributed by atoms with Crippen LogP contribution in [0.5, 0.6) is 0 Å². The van der Waals surface area contributed by atoms with Crippen LogP contribution in [0.4, 0.5) is 0 Å². The van der Waals surface area contributed by atoms with E-state index in [2.05, 4.69) is 27.7 Å². The van der Waals surface area contributed by atoms with Crippen molar-refractivity contribution in [3.05, 3.63) is 0 Å². The van der Waals surface area contributed by atoms with Crippen LogP contribution in [0.2, 0.25) is 0 Å². The smallest absolute Gasteiger partial charge is 0.306 e. The largest absolute Gasteiger partial charge is 0.462 e. The molecule has 0 unspecified atom stereocenters. The lowest BCUT2D eigenvalue weighted by Gasteiger charge is -2.18. The van der Waals surface area contributed by atoms with Gasteiger partial charge < -0.3 is 14.2 Å². The summed E-state index contributed by atoms with van der Waals surface area (Å²) in [6.07, 6.45) is 59.5. The highest BCUT2D eigenvalue weighted by atomic mass is 16.6. The SMILES string of the molecule is CCCCCCCCCCCCCCCCCCCC(=O)OC[C@H](COC(=O)CCCCCCCCCCCCCCCCCCC(C)C)OC(=O)CCCCCCCCCCCCCC. The number of hydrogen-bond donors (Lipinski definition) is 0. The van der Waals surface area contributed by atoms with Gasteiger partial charge in [-0.15, -0.1) is 0 Å². The Kier molecular flexibility index (Phi) is 53.0. The second-order valence-electron chi connectivity index (χ2n) is 21.1. The maximum atomic E-state index is 12.8. The summed E-state index contributed by atoms with van der Waals surface area (Å²) in [7, 11) is 0. The van der Waals surface area contributed by atoms with E-state index in [9.17, 15) is 14.4 Å². The summed E-state index contributed by atoms with van der Waals surface area (Å²) in [6.45, 7) is 9.08. The van der Waals surface area contributed by atoms with Gasteiger partial charge in [0.25, 0.3) is 0 Å². The number of ether oxygens (including phenoxy) is 3. The summed E-state index contributed by atoms with van der Waals surface area (Å²) < 4.78 is 16.9. The monoisotopic (exact) mass is 933 g/mol. The van der Waals surface area contributed by atoms with E-state index in [1.165, 1.54) is 238 Å². The van der Waals surface area contributed by atoms with Crippen molar-refractivity contribution in [2.75, 3.05) is 13.2 Å². The Morgan fingerprint density at radius 1 is 0.288 bits per heavy atom. The lowest BCUT2D eigenvalue weighted by molar-refractivity contribution is -0.167. The van der Waals surface area contributed by atoms with E-state index in [1.54, 1.807) is 0 Å². The summed E-state index contributed by atoms with van der Waals surface area (Å²) in [5, 5.41) is 0. The van der Waals surface area contributed by atoms with Gasteiger partial charge in [0.2, 0.25) is 0 Å². The molecule has 0 radical (unpaired) electrons. The Bertz CT molecular complexity index is 996. The Balaban J connectivity index is 4.24. The topological polar surface area (TPSA) is 78.9 Å². The van der Waals surface area contributed by atoms with Gasteiger partial charge in [0.05, 0.1) is 0 Å². The number of rotatable bonds is 55. The maximum absolute atomic E-state index is 12.8. The lowest BCUT2D eigenvalue weighted by Crippen LogP contribution is -2.30. The van der Waals surface area contributed by atoms with Gasteiger partial charge in [-0.1, -0.05) is 304 Å². The summed E-state index contributed by atoms with van der Waals surface area (Å²) >= 11 is 0. The minimum absolute atomic E-state index is 0.0616. The molecule has 0 amide bonds. The van der Waals surface area contributed by atoms with E-state index in [0.717, 1.165) is 63.7 Å². The average molecular weight is 934 g/mol. The molecule has 392 valence electrons. The van der Waals surface area contributed by atoms with Crippen molar-refractivity contribution < 1.29 is 28.6 Å². The van der Waals surface area contributed by atoms with Gasteiger partial charge in [-0.25, -0.2) is 0 Å². The van der Waals surface area contributed by atoms with E-state index in [4.69, 9.17) is 14.2 Å². The predicted molar refractivity (Wildman–Crippen MR) is 284 cm³/mol. The van der Waals surface area contributed by atoms with Gasteiger partial charge in [0.15, 0.2) is 6.10 Å². The van der Waals surface area contributed by atoms with Crippen LogP contribution >= 0.6 is 0 Å². The van der Waals surface area contributed by atoms with Crippen LogP contribution in [0.3, 0.4) is 0 Å². The molecule has 0 aromatic carbocycles. The van der Waals surface area contributed by atoms with Crippen molar-refractivity contribution in [1.82, 2.24) is 0 Å². The molecule has 0 fully saturated rings. The fraction of sp³-hybridized carbons (Fsp3) is 0.950. The molecule has 0 aliphatic carbocycles. The molecule has 1 atom stereocenters. The third kappa shape index (κ3) is 53.4. The maximum Gasteiger partial charge on any atom is 0.306 e. The van der Waals surface area contributed by atoms with E-state index in [1.807, 2.05) is 0 Å². The molecule has 0 rings (SSSR count).